The van der Waals surface area contributed by atoms with Gasteiger partial charge < -0.3 is 25.1 Å². The van der Waals surface area contributed by atoms with Gasteiger partial charge in [0.2, 0.25) is 5.91 Å². The highest BCUT2D eigenvalue weighted by Crippen LogP contribution is 2.36. The van der Waals surface area contributed by atoms with E-state index in [4.69, 9.17) is 19.9 Å². The molecule has 0 radical (unpaired) electrons. The SMILES string of the molecule is C\C=C(/C=C(/C=C(/CC)c1cc(OC)c(OC)cc1CCC(N)=O)\C=C\O)OC. The fraction of sp³-hybridized carbons (Fsp3) is 0.348. The number of aryl methyl sites for hydroxylation is 1. The Labute approximate surface area is 173 Å². The first-order chi connectivity index (χ1) is 13.9. The number of amides is 1. The van der Waals surface area contributed by atoms with Crippen LogP contribution in [0.25, 0.3) is 5.57 Å². The maximum absolute atomic E-state index is 11.3. The van der Waals surface area contributed by atoms with Crippen molar-refractivity contribution in [2.24, 2.45) is 5.73 Å². The molecule has 0 heterocycles. The van der Waals surface area contributed by atoms with Crippen LogP contribution in [0.5, 0.6) is 11.5 Å². The zero-order valence-electron chi connectivity index (χ0n) is 17.8. The molecule has 6 nitrogen and oxygen atoms in total. The predicted molar refractivity (Wildman–Crippen MR) is 116 cm³/mol. The number of methoxy groups -OCH3 is 3. The van der Waals surface area contributed by atoms with Gasteiger partial charge in [-0.05, 0) is 72.4 Å². The van der Waals surface area contributed by atoms with Gasteiger partial charge in [-0.25, -0.2) is 0 Å². The van der Waals surface area contributed by atoms with Crippen molar-refractivity contribution in [1.29, 1.82) is 0 Å². The van der Waals surface area contributed by atoms with E-state index in [0.717, 1.165) is 28.5 Å². The van der Waals surface area contributed by atoms with E-state index in [0.29, 0.717) is 30.1 Å². The average molecular weight is 402 g/mol. The summed E-state index contributed by atoms with van der Waals surface area (Å²) in [5, 5.41) is 9.30. The molecule has 1 aromatic rings. The number of allylic oxidation sites excluding steroid dienone is 6. The number of carbonyl (C=O) groups excluding carboxylic acids is 1. The quantitative estimate of drug-likeness (QED) is 0.422. The monoisotopic (exact) mass is 401 g/mol. The summed E-state index contributed by atoms with van der Waals surface area (Å²) < 4.78 is 16.2. The molecule has 0 aliphatic carbocycles. The van der Waals surface area contributed by atoms with Crippen LogP contribution in [0.2, 0.25) is 0 Å². The predicted octanol–water partition coefficient (Wildman–Crippen LogP) is 4.46. The van der Waals surface area contributed by atoms with E-state index in [1.54, 1.807) is 27.4 Å². The van der Waals surface area contributed by atoms with Crippen LogP contribution >= 0.6 is 0 Å². The highest BCUT2D eigenvalue weighted by molar-refractivity contribution is 5.76. The largest absolute Gasteiger partial charge is 0.516 e. The summed E-state index contributed by atoms with van der Waals surface area (Å²) in [7, 11) is 4.74. The molecule has 0 aliphatic heterocycles. The maximum Gasteiger partial charge on any atom is 0.217 e. The number of benzene rings is 1. The molecule has 1 rings (SSSR count). The van der Waals surface area contributed by atoms with Gasteiger partial charge in [0.1, 0.15) is 5.76 Å². The topological polar surface area (TPSA) is 91.0 Å². The number of rotatable bonds is 11. The summed E-state index contributed by atoms with van der Waals surface area (Å²) in [6.45, 7) is 3.91. The standard InChI is InChI=1S/C23H31NO5/c1-6-17(12-16(10-11-25)13-19(7-2)27-3)20-15-22(29-5)21(28-4)14-18(20)8-9-23(24)26/h7,10-15,25H,6,8-9H2,1-5H3,(H2,24,26)/b11-10+,16-13+,17-12-,19-7+. The lowest BCUT2D eigenvalue weighted by Crippen LogP contribution is -2.12. The molecular weight excluding hydrogens is 370 g/mol. The Balaban J connectivity index is 3.61. The van der Waals surface area contributed by atoms with Gasteiger partial charge in [0.05, 0.1) is 27.6 Å². The first kappa shape index (κ1) is 23.9. The van der Waals surface area contributed by atoms with Gasteiger partial charge in [-0.15, -0.1) is 0 Å². The fourth-order valence-electron chi connectivity index (χ4n) is 2.90. The van der Waals surface area contributed by atoms with Gasteiger partial charge in [-0.3, -0.25) is 4.79 Å². The van der Waals surface area contributed by atoms with E-state index in [1.165, 1.54) is 0 Å². The summed E-state index contributed by atoms with van der Waals surface area (Å²) in [4.78, 5) is 11.3. The molecule has 3 N–H and O–H groups in total. The summed E-state index contributed by atoms with van der Waals surface area (Å²) in [5.41, 5.74) is 8.98. The van der Waals surface area contributed by atoms with Crippen molar-refractivity contribution in [3.8, 4) is 11.5 Å². The minimum atomic E-state index is -0.366. The third kappa shape index (κ3) is 7.07. The second-order valence-corrected chi connectivity index (χ2v) is 6.21. The van der Waals surface area contributed by atoms with E-state index in [1.807, 2.05) is 44.2 Å². The molecule has 1 aromatic carbocycles. The van der Waals surface area contributed by atoms with Gasteiger partial charge in [0, 0.05) is 6.42 Å². The van der Waals surface area contributed by atoms with E-state index in [-0.39, 0.29) is 12.3 Å². The molecule has 0 unspecified atom stereocenters. The van der Waals surface area contributed by atoms with E-state index in [9.17, 15) is 9.90 Å². The van der Waals surface area contributed by atoms with Gasteiger partial charge in [-0.2, -0.15) is 0 Å². The van der Waals surface area contributed by atoms with Gasteiger partial charge >= 0.3 is 0 Å². The Morgan fingerprint density at radius 1 is 1.14 bits per heavy atom. The van der Waals surface area contributed by atoms with Gasteiger partial charge in [0.15, 0.2) is 11.5 Å². The van der Waals surface area contributed by atoms with Gasteiger partial charge in [-0.1, -0.05) is 13.0 Å². The lowest BCUT2D eigenvalue weighted by molar-refractivity contribution is -0.117. The molecule has 0 aromatic heterocycles. The molecule has 0 saturated heterocycles. The molecule has 6 heteroatoms. The summed E-state index contributed by atoms with van der Waals surface area (Å²) >= 11 is 0. The normalized spacial score (nSPS) is 12.9. The van der Waals surface area contributed by atoms with Crippen LogP contribution < -0.4 is 15.2 Å². The summed E-state index contributed by atoms with van der Waals surface area (Å²) in [6.07, 6.45) is 9.62. The highest BCUT2D eigenvalue weighted by atomic mass is 16.5. The number of aliphatic hydroxyl groups excluding tert-OH is 1. The van der Waals surface area contributed by atoms with E-state index < -0.39 is 0 Å². The van der Waals surface area contributed by atoms with Crippen LogP contribution in [0.15, 0.2) is 54.0 Å². The van der Waals surface area contributed by atoms with Crippen molar-refractivity contribution in [3.63, 3.8) is 0 Å². The first-order valence-corrected chi connectivity index (χ1v) is 9.40. The average Bonchev–Trinajstić information content (AvgIpc) is 2.73. The number of nitrogens with two attached hydrogens (primary N) is 1. The van der Waals surface area contributed by atoms with Crippen LogP contribution in [0, 0.1) is 0 Å². The minimum absolute atomic E-state index is 0.227. The third-order valence-corrected chi connectivity index (χ3v) is 4.41. The molecule has 0 bridgehead atoms. The summed E-state index contributed by atoms with van der Waals surface area (Å²) in [5.74, 6) is 1.49. The Kier molecular flexibility index (Phi) is 10.2. The van der Waals surface area contributed by atoms with Crippen LogP contribution in [0.3, 0.4) is 0 Å². The lowest BCUT2D eigenvalue weighted by Gasteiger charge is -2.17. The smallest absolute Gasteiger partial charge is 0.217 e. The first-order valence-electron chi connectivity index (χ1n) is 9.40. The van der Waals surface area contributed by atoms with Crippen LogP contribution in [-0.4, -0.2) is 32.3 Å². The Bertz CT molecular complexity index is 819. The number of hydrogen-bond donors (Lipinski definition) is 2. The fourth-order valence-corrected chi connectivity index (χ4v) is 2.90. The van der Waals surface area contributed by atoms with Crippen molar-refractivity contribution in [1.82, 2.24) is 0 Å². The van der Waals surface area contributed by atoms with Crippen molar-refractivity contribution in [2.75, 3.05) is 21.3 Å². The number of ether oxygens (including phenoxy) is 3. The maximum atomic E-state index is 11.3. The zero-order valence-corrected chi connectivity index (χ0v) is 17.8. The molecular formula is C23H31NO5. The van der Waals surface area contributed by atoms with Crippen molar-refractivity contribution >= 4 is 11.5 Å². The van der Waals surface area contributed by atoms with Gasteiger partial charge in [0.25, 0.3) is 0 Å². The second-order valence-electron chi connectivity index (χ2n) is 6.21. The Hall–Kier alpha value is -3.15. The van der Waals surface area contributed by atoms with Crippen molar-refractivity contribution in [3.05, 3.63) is 65.2 Å². The number of aliphatic hydroxyl groups is 1. The van der Waals surface area contributed by atoms with E-state index in [2.05, 4.69) is 0 Å². The molecule has 1 amide bonds. The molecule has 0 atom stereocenters. The number of primary amides is 1. The number of carbonyl (C=O) groups is 1. The number of hydrogen-bond acceptors (Lipinski definition) is 5. The summed E-state index contributed by atoms with van der Waals surface area (Å²) in [6, 6.07) is 3.77. The third-order valence-electron chi connectivity index (χ3n) is 4.41. The second kappa shape index (κ2) is 12.3. The van der Waals surface area contributed by atoms with Crippen LogP contribution in [-0.2, 0) is 16.0 Å². The van der Waals surface area contributed by atoms with E-state index >= 15 is 0 Å². The van der Waals surface area contributed by atoms with Crippen LogP contribution in [0.1, 0.15) is 37.8 Å². The molecule has 0 spiro atoms. The molecule has 158 valence electrons. The molecule has 29 heavy (non-hydrogen) atoms. The highest BCUT2D eigenvalue weighted by Gasteiger charge is 2.15. The van der Waals surface area contributed by atoms with Crippen LogP contribution in [0.4, 0.5) is 0 Å². The molecule has 0 aliphatic rings. The minimum Gasteiger partial charge on any atom is -0.516 e. The van der Waals surface area contributed by atoms with Crippen molar-refractivity contribution < 1.29 is 24.1 Å². The Morgan fingerprint density at radius 3 is 2.28 bits per heavy atom. The molecule has 0 fully saturated rings. The zero-order chi connectivity index (χ0) is 21.8. The molecule has 0 saturated carbocycles. The lowest BCUT2D eigenvalue weighted by atomic mass is 9.92. The Morgan fingerprint density at radius 2 is 1.79 bits per heavy atom. The van der Waals surface area contributed by atoms with Crippen molar-refractivity contribution in [2.45, 2.75) is 33.1 Å².